The highest BCUT2D eigenvalue weighted by Gasteiger charge is 2.24. The standard InChI is InChI=1S/C30H31F5O4/c1-36-12-2-3-20-16-38-30(39-17-20)22-9-8-21(27(32)14-22)6-4-19-5-7-23(26(31)13-19)18-37-24-10-11-25(29(34)35)28(33)15-24/h5,7-11,13-15,20,29-30H,2-4,6,12,16-18H2,1H3. The van der Waals surface area contributed by atoms with Gasteiger partial charge in [-0.1, -0.05) is 24.3 Å². The molecule has 1 aliphatic rings. The van der Waals surface area contributed by atoms with Crippen LogP contribution in [0.3, 0.4) is 0 Å². The summed E-state index contributed by atoms with van der Waals surface area (Å²) < 4.78 is 90.5. The molecule has 3 aromatic carbocycles. The van der Waals surface area contributed by atoms with Crippen LogP contribution in [-0.4, -0.2) is 26.9 Å². The van der Waals surface area contributed by atoms with Crippen LogP contribution in [0.4, 0.5) is 22.0 Å². The van der Waals surface area contributed by atoms with Gasteiger partial charge in [-0.15, -0.1) is 0 Å². The predicted molar refractivity (Wildman–Crippen MR) is 135 cm³/mol. The van der Waals surface area contributed by atoms with Crippen LogP contribution in [0, 0.1) is 23.4 Å². The van der Waals surface area contributed by atoms with Gasteiger partial charge in [-0.3, -0.25) is 0 Å². The Morgan fingerprint density at radius 1 is 0.846 bits per heavy atom. The van der Waals surface area contributed by atoms with Gasteiger partial charge in [0.15, 0.2) is 6.29 Å². The molecule has 0 unspecified atom stereocenters. The van der Waals surface area contributed by atoms with Crippen molar-refractivity contribution in [3.05, 3.63) is 99.9 Å². The number of rotatable bonds is 12. The van der Waals surface area contributed by atoms with Gasteiger partial charge >= 0.3 is 0 Å². The zero-order valence-electron chi connectivity index (χ0n) is 21.6. The average Bonchev–Trinajstić information content (AvgIpc) is 2.92. The predicted octanol–water partition coefficient (Wildman–Crippen LogP) is 7.49. The second-order valence-corrected chi connectivity index (χ2v) is 9.55. The molecule has 0 atom stereocenters. The van der Waals surface area contributed by atoms with Crippen molar-refractivity contribution in [3.63, 3.8) is 0 Å². The molecular formula is C30H31F5O4. The molecule has 4 nitrogen and oxygen atoms in total. The largest absolute Gasteiger partial charge is 0.489 e. The Balaban J connectivity index is 1.27. The van der Waals surface area contributed by atoms with E-state index in [1.165, 1.54) is 24.3 Å². The maximum Gasteiger partial charge on any atom is 0.266 e. The maximum absolute atomic E-state index is 14.8. The fourth-order valence-corrected chi connectivity index (χ4v) is 4.41. The fraction of sp³-hybridized carbons (Fsp3) is 0.400. The van der Waals surface area contributed by atoms with E-state index in [1.807, 2.05) is 0 Å². The molecule has 210 valence electrons. The minimum atomic E-state index is -2.93. The minimum Gasteiger partial charge on any atom is -0.489 e. The van der Waals surface area contributed by atoms with Gasteiger partial charge in [0.05, 0.1) is 18.8 Å². The summed E-state index contributed by atoms with van der Waals surface area (Å²) in [5.41, 5.74) is 1.29. The van der Waals surface area contributed by atoms with Gasteiger partial charge in [0.25, 0.3) is 6.43 Å². The van der Waals surface area contributed by atoms with E-state index in [4.69, 9.17) is 18.9 Å². The molecule has 0 aliphatic carbocycles. The molecule has 9 heteroatoms. The lowest BCUT2D eigenvalue weighted by molar-refractivity contribution is -0.206. The van der Waals surface area contributed by atoms with E-state index in [1.54, 1.807) is 25.3 Å². The first-order valence-corrected chi connectivity index (χ1v) is 12.8. The van der Waals surface area contributed by atoms with E-state index in [0.29, 0.717) is 55.3 Å². The first kappa shape index (κ1) is 29.0. The summed E-state index contributed by atoms with van der Waals surface area (Å²) in [6.45, 7) is 1.59. The van der Waals surface area contributed by atoms with Crippen molar-refractivity contribution in [3.8, 4) is 5.75 Å². The SMILES string of the molecule is COCCCC1COC(c2ccc(CCc3ccc(COc4ccc(C(F)F)c(F)c4)c(F)c3)c(F)c2)OC1. The number of aryl methyl sites for hydroxylation is 2. The molecule has 1 aliphatic heterocycles. The van der Waals surface area contributed by atoms with Crippen molar-refractivity contribution < 1.29 is 40.9 Å². The van der Waals surface area contributed by atoms with Crippen LogP contribution in [0.5, 0.6) is 5.75 Å². The third-order valence-electron chi connectivity index (χ3n) is 6.68. The highest BCUT2D eigenvalue weighted by molar-refractivity contribution is 5.31. The smallest absolute Gasteiger partial charge is 0.266 e. The summed E-state index contributed by atoms with van der Waals surface area (Å²) in [4.78, 5) is 0. The highest BCUT2D eigenvalue weighted by atomic mass is 19.3. The molecule has 3 aromatic rings. The summed E-state index contributed by atoms with van der Waals surface area (Å²) in [5.74, 6) is -1.68. The second kappa shape index (κ2) is 13.9. The Bertz CT molecular complexity index is 1230. The lowest BCUT2D eigenvalue weighted by Gasteiger charge is -2.29. The lowest BCUT2D eigenvalue weighted by Crippen LogP contribution is -2.27. The number of ether oxygens (including phenoxy) is 4. The van der Waals surface area contributed by atoms with E-state index in [0.717, 1.165) is 25.0 Å². The van der Waals surface area contributed by atoms with Crippen LogP contribution in [-0.2, 0) is 33.7 Å². The highest BCUT2D eigenvalue weighted by Crippen LogP contribution is 2.29. The van der Waals surface area contributed by atoms with Crippen molar-refractivity contribution in [1.29, 1.82) is 0 Å². The van der Waals surface area contributed by atoms with Gasteiger partial charge in [0.2, 0.25) is 0 Å². The van der Waals surface area contributed by atoms with Crippen LogP contribution >= 0.6 is 0 Å². The zero-order chi connectivity index (χ0) is 27.8. The molecule has 0 saturated carbocycles. The number of hydrogen-bond acceptors (Lipinski definition) is 4. The number of hydrogen-bond donors (Lipinski definition) is 0. The van der Waals surface area contributed by atoms with Crippen molar-refractivity contribution >= 4 is 0 Å². The van der Waals surface area contributed by atoms with Gasteiger partial charge in [0, 0.05) is 36.8 Å². The average molecular weight is 551 g/mol. The van der Waals surface area contributed by atoms with Crippen LogP contribution < -0.4 is 4.74 Å². The normalized spacial score (nSPS) is 17.5. The molecule has 0 amide bonds. The topological polar surface area (TPSA) is 36.9 Å². The Morgan fingerprint density at radius 2 is 1.59 bits per heavy atom. The van der Waals surface area contributed by atoms with E-state index >= 15 is 0 Å². The number of methoxy groups -OCH3 is 1. The summed E-state index contributed by atoms with van der Waals surface area (Å²) in [5, 5.41) is 0. The maximum atomic E-state index is 14.8. The fourth-order valence-electron chi connectivity index (χ4n) is 4.41. The molecule has 39 heavy (non-hydrogen) atoms. The van der Waals surface area contributed by atoms with E-state index in [2.05, 4.69) is 0 Å². The third kappa shape index (κ3) is 8.00. The first-order chi connectivity index (χ1) is 18.8. The molecule has 0 bridgehead atoms. The van der Waals surface area contributed by atoms with Gasteiger partial charge in [0.1, 0.15) is 29.8 Å². The first-order valence-electron chi connectivity index (χ1n) is 12.8. The van der Waals surface area contributed by atoms with Gasteiger partial charge < -0.3 is 18.9 Å². The Hall–Kier alpha value is -3.01. The van der Waals surface area contributed by atoms with Crippen LogP contribution in [0.2, 0.25) is 0 Å². The van der Waals surface area contributed by atoms with Crippen molar-refractivity contribution in [2.75, 3.05) is 26.9 Å². The lowest BCUT2D eigenvalue weighted by atomic mass is 10.0. The van der Waals surface area contributed by atoms with Crippen molar-refractivity contribution in [2.24, 2.45) is 5.92 Å². The monoisotopic (exact) mass is 550 g/mol. The van der Waals surface area contributed by atoms with Crippen LogP contribution in [0.15, 0.2) is 54.6 Å². The van der Waals surface area contributed by atoms with E-state index < -0.39 is 29.9 Å². The van der Waals surface area contributed by atoms with Gasteiger partial charge in [-0.25, -0.2) is 22.0 Å². The molecule has 0 radical (unpaired) electrons. The molecule has 0 aromatic heterocycles. The molecule has 1 heterocycles. The Morgan fingerprint density at radius 3 is 2.26 bits per heavy atom. The van der Waals surface area contributed by atoms with Crippen molar-refractivity contribution in [1.82, 2.24) is 0 Å². The molecular weight excluding hydrogens is 519 g/mol. The summed E-state index contributed by atoms with van der Waals surface area (Å²) in [6, 6.07) is 12.5. The van der Waals surface area contributed by atoms with Crippen LogP contribution in [0.1, 0.15) is 53.4 Å². The molecule has 4 rings (SSSR count). The van der Waals surface area contributed by atoms with Gasteiger partial charge in [-0.2, -0.15) is 0 Å². The Labute approximate surface area is 224 Å². The molecule has 0 spiro atoms. The quantitative estimate of drug-likeness (QED) is 0.173. The third-order valence-corrected chi connectivity index (χ3v) is 6.68. The summed E-state index contributed by atoms with van der Waals surface area (Å²) in [7, 11) is 1.67. The van der Waals surface area contributed by atoms with Gasteiger partial charge in [-0.05, 0) is 61.1 Å². The number of benzene rings is 3. The summed E-state index contributed by atoms with van der Waals surface area (Å²) in [6.07, 6.45) is -0.877. The Kier molecular flexibility index (Phi) is 10.3. The molecule has 0 N–H and O–H groups in total. The second-order valence-electron chi connectivity index (χ2n) is 9.55. The number of alkyl halides is 2. The van der Waals surface area contributed by atoms with E-state index in [-0.39, 0.29) is 23.7 Å². The minimum absolute atomic E-state index is 0.0187. The number of halogens is 5. The molecule has 1 saturated heterocycles. The van der Waals surface area contributed by atoms with E-state index in [9.17, 15) is 22.0 Å². The van der Waals surface area contributed by atoms with Crippen LogP contribution in [0.25, 0.3) is 0 Å². The van der Waals surface area contributed by atoms with Crippen molar-refractivity contribution in [2.45, 2.75) is 45.0 Å². The summed E-state index contributed by atoms with van der Waals surface area (Å²) >= 11 is 0. The zero-order valence-corrected chi connectivity index (χ0v) is 21.6. The molecule has 1 fully saturated rings.